The highest BCUT2D eigenvalue weighted by Gasteiger charge is 2.02. The number of nitrogens with one attached hydrogen (secondary N) is 2. The van der Waals surface area contributed by atoms with E-state index in [0.717, 1.165) is 29.7 Å². The molecule has 0 fully saturated rings. The van der Waals surface area contributed by atoms with Crippen molar-refractivity contribution >= 4 is 16.6 Å². The van der Waals surface area contributed by atoms with Gasteiger partial charge in [0.05, 0.1) is 17.9 Å². The molecule has 5 heteroatoms. The Morgan fingerprint density at radius 3 is 3.11 bits per heavy atom. The minimum atomic E-state index is 0.768. The number of H-pyrrole nitrogens is 1. The van der Waals surface area contributed by atoms with Crippen molar-refractivity contribution in [3.05, 3.63) is 42.4 Å². The number of anilines is 1. The monoisotopic (exact) mass is 241 g/mol. The molecule has 0 saturated heterocycles. The minimum Gasteiger partial charge on any atom is -0.380 e. The molecule has 0 unspecified atom stereocenters. The van der Waals surface area contributed by atoms with Gasteiger partial charge in [0.25, 0.3) is 0 Å². The fourth-order valence-electron chi connectivity index (χ4n) is 1.99. The van der Waals surface area contributed by atoms with E-state index in [9.17, 15) is 0 Å². The van der Waals surface area contributed by atoms with E-state index in [0.29, 0.717) is 0 Å². The Bertz CT molecular complexity index is 652. The molecule has 0 aliphatic rings. The smallest absolute Gasteiger partial charge is 0.0671 e. The second-order valence-corrected chi connectivity index (χ2v) is 4.19. The van der Waals surface area contributed by atoms with Crippen molar-refractivity contribution in [1.29, 1.82) is 0 Å². The fourth-order valence-corrected chi connectivity index (χ4v) is 1.99. The van der Waals surface area contributed by atoms with Crippen LogP contribution in [0.15, 0.2) is 36.8 Å². The molecule has 18 heavy (non-hydrogen) atoms. The molecular weight excluding hydrogens is 226 g/mol. The number of hydrogen-bond acceptors (Lipinski definition) is 3. The Kier molecular flexibility index (Phi) is 2.72. The first-order valence-corrected chi connectivity index (χ1v) is 6.04. The standard InChI is InChI=1S/C13H15N5/c1-2-18-9-10(7-16-18)6-14-12-4-3-5-13-11(12)8-15-17-13/h3-5,7-9,14H,2,6H2,1H3,(H,15,17). The van der Waals surface area contributed by atoms with Crippen molar-refractivity contribution in [1.82, 2.24) is 20.0 Å². The summed E-state index contributed by atoms with van der Waals surface area (Å²) in [6.45, 7) is 3.75. The zero-order valence-electron chi connectivity index (χ0n) is 10.2. The molecule has 3 rings (SSSR count). The van der Waals surface area contributed by atoms with E-state index in [4.69, 9.17) is 0 Å². The molecule has 2 N–H and O–H groups in total. The summed E-state index contributed by atoms with van der Waals surface area (Å²) in [6.07, 6.45) is 5.79. The third kappa shape index (κ3) is 1.95. The number of benzene rings is 1. The fraction of sp³-hybridized carbons (Fsp3) is 0.231. The predicted molar refractivity (Wildman–Crippen MR) is 71.3 cm³/mol. The number of aryl methyl sites for hydroxylation is 1. The van der Waals surface area contributed by atoms with Crippen LogP contribution in [0.2, 0.25) is 0 Å². The molecule has 2 aromatic heterocycles. The number of nitrogens with zero attached hydrogens (tertiary/aromatic N) is 3. The van der Waals surface area contributed by atoms with E-state index in [1.807, 2.05) is 29.2 Å². The van der Waals surface area contributed by atoms with Crippen LogP contribution in [0, 0.1) is 0 Å². The number of aromatic amines is 1. The third-order valence-electron chi connectivity index (χ3n) is 2.98. The first kappa shape index (κ1) is 10.8. The summed E-state index contributed by atoms with van der Waals surface area (Å²) in [4.78, 5) is 0. The van der Waals surface area contributed by atoms with Crippen molar-refractivity contribution in [2.45, 2.75) is 20.0 Å². The maximum Gasteiger partial charge on any atom is 0.0671 e. The molecule has 92 valence electrons. The van der Waals surface area contributed by atoms with Gasteiger partial charge in [-0.25, -0.2) is 0 Å². The molecule has 0 aliphatic heterocycles. The zero-order valence-corrected chi connectivity index (χ0v) is 10.2. The molecule has 0 radical (unpaired) electrons. The van der Waals surface area contributed by atoms with Crippen molar-refractivity contribution in [3.63, 3.8) is 0 Å². The highest BCUT2D eigenvalue weighted by Crippen LogP contribution is 2.21. The molecule has 0 aliphatic carbocycles. The summed E-state index contributed by atoms with van der Waals surface area (Å²) in [5.74, 6) is 0. The van der Waals surface area contributed by atoms with Crippen LogP contribution in [0.4, 0.5) is 5.69 Å². The number of aromatic nitrogens is 4. The SMILES string of the molecule is CCn1cc(CNc2cccc3[nH]ncc23)cn1. The van der Waals surface area contributed by atoms with Crippen molar-refractivity contribution in [2.24, 2.45) is 0 Å². The van der Waals surface area contributed by atoms with Crippen LogP contribution >= 0.6 is 0 Å². The van der Waals surface area contributed by atoms with Gasteiger partial charge in [0.2, 0.25) is 0 Å². The largest absolute Gasteiger partial charge is 0.380 e. The topological polar surface area (TPSA) is 58.5 Å². The van der Waals surface area contributed by atoms with Gasteiger partial charge in [0.15, 0.2) is 0 Å². The summed E-state index contributed by atoms with van der Waals surface area (Å²) in [5, 5.41) is 15.8. The van der Waals surface area contributed by atoms with Gasteiger partial charge < -0.3 is 5.32 Å². The number of hydrogen-bond donors (Lipinski definition) is 2. The molecule has 0 bridgehead atoms. The Balaban J connectivity index is 1.78. The van der Waals surface area contributed by atoms with Gasteiger partial charge >= 0.3 is 0 Å². The predicted octanol–water partition coefficient (Wildman–Crippen LogP) is 2.39. The highest BCUT2D eigenvalue weighted by atomic mass is 15.3. The molecule has 1 aromatic carbocycles. The van der Waals surface area contributed by atoms with Gasteiger partial charge in [-0.1, -0.05) is 6.07 Å². The van der Waals surface area contributed by atoms with Gasteiger partial charge in [-0.05, 0) is 19.1 Å². The third-order valence-corrected chi connectivity index (χ3v) is 2.98. The van der Waals surface area contributed by atoms with Gasteiger partial charge in [0.1, 0.15) is 0 Å². The summed E-state index contributed by atoms with van der Waals surface area (Å²) in [6, 6.07) is 6.09. The minimum absolute atomic E-state index is 0.768. The van der Waals surface area contributed by atoms with E-state index in [-0.39, 0.29) is 0 Å². The maximum absolute atomic E-state index is 4.26. The maximum atomic E-state index is 4.26. The first-order valence-electron chi connectivity index (χ1n) is 6.04. The lowest BCUT2D eigenvalue weighted by molar-refractivity contribution is 0.659. The summed E-state index contributed by atoms with van der Waals surface area (Å²) in [7, 11) is 0. The van der Waals surface area contributed by atoms with E-state index in [1.54, 1.807) is 0 Å². The Morgan fingerprint density at radius 1 is 1.33 bits per heavy atom. The molecule has 0 atom stereocenters. The average Bonchev–Trinajstić information content (AvgIpc) is 3.05. The quantitative estimate of drug-likeness (QED) is 0.737. The second-order valence-electron chi connectivity index (χ2n) is 4.19. The normalized spacial score (nSPS) is 10.9. The van der Waals surface area contributed by atoms with E-state index in [2.05, 4.69) is 39.8 Å². The summed E-state index contributed by atoms with van der Waals surface area (Å²) in [5.41, 5.74) is 3.31. The Morgan fingerprint density at radius 2 is 2.28 bits per heavy atom. The molecule has 5 nitrogen and oxygen atoms in total. The van der Waals surface area contributed by atoms with Gasteiger partial charge in [-0.3, -0.25) is 9.78 Å². The molecular formula is C13H15N5. The van der Waals surface area contributed by atoms with Crippen LogP contribution in [0.1, 0.15) is 12.5 Å². The summed E-state index contributed by atoms with van der Waals surface area (Å²) < 4.78 is 1.93. The first-order chi connectivity index (χ1) is 8.86. The number of fused-ring (bicyclic) bond motifs is 1. The highest BCUT2D eigenvalue weighted by molar-refractivity contribution is 5.90. The Labute approximate surface area is 105 Å². The van der Waals surface area contributed by atoms with Crippen LogP contribution < -0.4 is 5.32 Å². The van der Waals surface area contributed by atoms with Crippen molar-refractivity contribution in [2.75, 3.05) is 5.32 Å². The van der Waals surface area contributed by atoms with Crippen molar-refractivity contribution < 1.29 is 0 Å². The average molecular weight is 241 g/mol. The Hall–Kier alpha value is -2.30. The van der Waals surface area contributed by atoms with Crippen LogP contribution in [0.25, 0.3) is 10.9 Å². The van der Waals surface area contributed by atoms with Crippen LogP contribution in [-0.4, -0.2) is 20.0 Å². The van der Waals surface area contributed by atoms with E-state index in [1.165, 1.54) is 5.56 Å². The zero-order chi connectivity index (χ0) is 12.4. The van der Waals surface area contributed by atoms with Crippen LogP contribution in [0.5, 0.6) is 0 Å². The lowest BCUT2D eigenvalue weighted by Crippen LogP contribution is -1.99. The second kappa shape index (κ2) is 4.52. The van der Waals surface area contributed by atoms with Crippen LogP contribution in [-0.2, 0) is 13.1 Å². The van der Waals surface area contributed by atoms with E-state index < -0.39 is 0 Å². The van der Waals surface area contributed by atoms with Gasteiger partial charge in [0, 0.05) is 35.9 Å². The van der Waals surface area contributed by atoms with Crippen molar-refractivity contribution in [3.8, 4) is 0 Å². The molecule has 0 spiro atoms. The van der Waals surface area contributed by atoms with Gasteiger partial charge in [-0.15, -0.1) is 0 Å². The lowest BCUT2D eigenvalue weighted by atomic mass is 10.2. The molecule has 0 amide bonds. The molecule has 2 heterocycles. The van der Waals surface area contributed by atoms with Gasteiger partial charge in [-0.2, -0.15) is 10.2 Å². The van der Waals surface area contributed by atoms with Crippen LogP contribution in [0.3, 0.4) is 0 Å². The number of rotatable bonds is 4. The summed E-state index contributed by atoms with van der Waals surface area (Å²) >= 11 is 0. The molecule has 0 saturated carbocycles. The molecule has 3 aromatic rings. The lowest BCUT2D eigenvalue weighted by Gasteiger charge is -2.05. The van der Waals surface area contributed by atoms with E-state index >= 15 is 0 Å².